The fourth-order valence-electron chi connectivity index (χ4n) is 3.21. The molecular weight excluding hydrogens is 348 g/mol. The summed E-state index contributed by atoms with van der Waals surface area (Å²) in [5.41, 5.74) is 0.675. The molecule has 140 valence electrons. The average Bonchev–Trinajstić information content (AvgIpc) is 2.97. The van der Waals surface area contributed by atoms with Crippen LogP contribution < -0.4 is 10.6 Å². The van der Waals surface area contributed by atoms with Crippen molar-refractivity contribution < 1.29 is 9.59 Å². The van der Waals surface area contributed by atoms with Gasteiger partial charge in [-0.2, -0.15) is 0 Å². The molecule has 1 atom stereocenters. The lowest BCUT2D eigenvalue weighted by molar-refractivity contribution is -0.121. The molecule has 0 saturated carbocycles. The third-order valence-electron chi connectivity index (χ3n) is 4.27. The van der Waals surface area contributed by atoms with Crippen LogP contribution in [-0.2, 0) is 4.79 Å². The number of likely N-dealkylation sites (tertiary alicyclic amines) is 1. The number of carbonyl (C=O) groups excluding carboxylic acids is 2. The topological polar surface area (TPSA) is 74.3 Å². The average molecular weight is 375 g/mol. The molecule has 1 fully saturated rings. The molecule has 6 nitrogen and oxygen atoms in total. The van der Waals surface area contributed by atoms with E-state index in [1.807, 2.05) is 39.0 Å². The fraction of sp³-hybridized carbons (Fsp3) is 0.526. The highest BCUT2D eigenvalue weighted by molar-refractivity contribution is 7.18. The molecule has 0 radical (unpaired) electrons. The van der Waals surface area contributed by atoms with E-state index in [1.54, 1.807) is 11.3 Å². The number of thiazole rings is 1. The number of imide groups is 1. The first-order valence-corrected chi connectivity index (χ1v) is 9.81. The number of fused-ring (bicyclic) bond motifs is 1. The van der Waals surface area contributed by atoms with Crippen LogP contribution >= 0.6 is 11.3 Å². The van der Waals surface area contributed by atoms with Crippen LogP contribution in [0, 0.1) is 0 Å². The minimum Gasteiger partial charge on any atom is -0.333 e. The quantitative estimate of drug-likeness (QED) is 0.866. The molecule has 26 heavy (non-hydrogen) atoms. The highest BCUT2D eigenvalue weighted by atomic mass is 32.1. The van der Waals surface area contributed by atoms with Crippen molar-refractivity contribution in [3.63, 3.8) is 0 Å². The Bertz CT molecular complexity index is 763. The van der Waals surface area contributed by atoms with E-state index in [2.05, 4.69) is 21.6 Å². The molecule has 3 rings (SSSR count). The summed E-state index contributed by atoms with van der Waals surface area (Å²) < 4.78 is 1.20. The number of nitrogens with one attached hydrogen (secondary N) is 2. The van der Waals surface area contributed by atoms with Gasteiger partial charge in [-0.1, -0.05) is 12.1 Å². The van der Waals surface area contributed by atoms with Gasteiger partial charge >= 0.3 is 6.03 Å². The van der Waals surface area contributed by atoms with Gasteiger partial charge in [0.1, 0.15) is 0 Å². The van der Waals surface area contributed by atoms with E-state index in [9.17, 15) is 9.59 Å². The number of carbonyl (C=O) groups is 2. The number of aromatic nitrogens is 1. The molecular formula is C19H26N4O2S. The third-order valence-corrected chi connectivity index (χ3v) is 5.47. The number of nitrogens with zero attached hydrogens (tertiary/aromatic N) is 2. The lowest BCUT2D eigenvalue weighted by Gasteiger charge is -2.31. The van der Waals surface area contributed by atoms with Crippen LogP contribution in [0.15, 0.2) is 24.3 Å². The Hall–Kier alpha value is -1.99. The molecule has 2 N–H and O–H groups in total. The van der Waals surface area contributed by atoms with Gasteiger partial charge in [-0.3, -0.25) is 15.0 Å². The Morgan fingerprint density at radius 2 is 2.08 bits per heavy atom. The van der Waals surface area contributed by atoms with Crippen LogP contribution in [0.5, 0.6) is 0 Å². The Kier molecular flexibility index (Phi) is 5.58. The van der Waals surface area contributed by atoms with Gasteiger partial charge in [0.2, 0.25) is 5.91 Å². The predicted molar refractivity (Wildman–Crippen MR) is 104 cm³/mol. The summed E-state index contributed by atoms with van der Waals surface area (Å²) in [5.74, 6) is 0.0778. The van der Waals surface area contributed by atoms with E-state index >= 15 is 0 Å². The summed E-state index contributed by atoms with van der Waals surface area (Å²) in [6.45, 7) is 7.54. The summed E-state index contributed by atoms with van der Waals surface area (Å²) in [6, 6.07) is 7.73. The summed E-state index contributed by atoms with van der Waals surface area (Å²) in [5, 5.41) is 6.30. The van der Waals surface area contributed by atoms with Crippen LogP contribution in [0.25, 0.3) is 10.2 Å². The lowest BCUT2D eigenvalue weighted by Crippen LogP contribution is -2.51. The zero-order valence-corrected chi connectivity index (χ0v) is 16.4. The van der Waals surface area contributed by atoms with E-state index < -0.39 is 6.03 Å². The van der Waals surface area contributed by atoms with Gasteiger partial charge in [-0.25, -0.2) is 9.78 Å². The van der Waals surface area contributed by atoms with E-state index in [0.29, 0.717) is 5.92 Å². The van der Waals surface area contributed by atoms with E-state index in [0.717, 1.165) is 36.5 Å². The SMILES string of the molecule is CC(C)(C)NC(=O)NC(=O)CN1CCC[C@H](c2nc3ccccc3s2)C1. The van der Waals surface area contributed by atoms with Crippen molar-refractivity contribution in [1.29, 1.82) is 0 Å². The number of para-hydroxylation sites is 1. The predicted octanol–water partition coefficient (Wildman–Crippen LogP) is 3.10. The number of amides is 3. The first-order chi connectivity index (χ1) is 12.3. The van der Waals surface area contributed by atoms with Crippen LogP contribution in [0.2, 0.25) is 0 Å². The van der Waals surface area contributed by atoms with Gasteiger partial charge in [-0.15, -0.1) is 11.3 Å². The number of piperidine rings is 1. The largest absolute Gasteiger partial charge is 0.333 e. The monoisotopic (exact) mass is 374 g/mol. The molecule has 1 saturated heterocycles. The molecule has 0 aliphatic carbocycles. The Balaban J connectivity index is 1.56. The van der Waals surface area contributed by atoms with E-state index in [1.165, 1.54) is 4.70 Å². The van der Waals surface area contributed by atoms with Crippen molar-refractivity contribution in [3.8, 4) is 0 Å². The van der Waals surface area contributed by atoms with Crippen molar-refractivity contribution in [3.05, 3.63) is 29.3 Å². The molecule has 1 aromatic heterocycles. The maximum Gasteiger partial charge on any atom is 0.321 e. The fourth-order valence-corrected chi connectivity index (χ4v) is 4.30. The first-order valence-electron chi connectivity index (χ1n) is 9.00. The minimum absolute atomic E-state index is 0.235. The van der Waals surface area contributed by atoms with E-state index in [-0.39, 0.29) is 18.0 Å². The van der Waals surface area contributed by atoms with Crippen molar-refractivity contribution in [2.45, 2.75) is 45.1 Å². The zero-order chi connectivity index (χ0) is 18.7. The summed E-state index contributed by atoms with van der Waals surface area (Å²) in [6.07, 6.45) is 2.12. The van der Waals surface area contributed by atoms with Gasteiger partial charge < -0.3 is 5.32 Å². The molecule has 1 aliphatic heterocycles. The molecule has 0 bridgehead atoms. The molecule has 0 spiro atoms. The Labute approximate surface area is 158 Å². The second-order valence-electron chi connectivity index (χ2n) is 7.85. The summed E-state index contributed by atoms with van der Waals surface area (Å²) in [7, 11) is 0. The number of hydrogen-bond donors (Lipinski definition) is 2. The van der Waals surface area contributed by atoms with Gasteiger partial charge in [0.05, 0.1) is 21.8 Å². The molecule has 2 aromatic rings. The van der Waals surface area contributed by atoms with Crippen LogP contribution in [0.4, 0.5) is 4.79 Å². The van der Waals surface area contributed by atoms with Crippen molar-refractivity contribution in [1.82, 2.24) is 20.5 Å². The number of urea groups is 1. The molecule has 3 amide bonds. The van der Waals surface area contributed by atoms with Gasteiger partial charge in [0.25, 0.3) is 0 Å². The van der Waals surface area contributed by atoms with Crippen LogP contribution in [0.3, 0.4) is 0 Å². The standard InChI is InChI=1S/C19H26N4O2S/c1-19(2,3)22-18(25)21-16(24)12-23-10-6-7-13(11-23)17-20-14-8-4-5-9-15(14)26-17/h4-5,8-9,13H,6-7,10-12H2,1-3H3,(H2,21,22,24,25)/t13-/m0/s1. The second-order valence-corrected chi connectivity index (χ2v) is 8.91. The summed E-state index contributed by atoms with van der Waals surface area (Å²) in [4.78, 5) is 30.9. The van der Waals surface area contributed by atoms with Gasteiger partial charge in [-0.05, 0) is 52.3 Å². The molecule has 0 unspecified atom stereocenters. The Morgan fingerprint density at radius 3 is 2.81 bits per heavy atom. The zero-order valence-electron chi connectivity index (χ0n) is 15.5. The van der Waals surface area contributed by atoms with Crippen molar-refractivity contribution >= 4 is 33.5 Å². The number of hydrogen-bond acceptors (Lipinski definition) is 5. The number of rotatable bonds is 3. The highest BCUT2D eigenvalue weighted by Gasteiger charge is 2.26. The maximum atomic E-state index is 12.2. The smallest absolute Gasteiger partial charge is 0.321 e. The van der Waals surface area contributed by atoms with Gasteiger partial charge in [0.15, 0.2) is 0 Å². The maximum absolute atomic E-state index is 12.2. The number of benzene rings is 1. The van der Waals surface area contributed by atoms with Crippen molar-refractivity contribution in [2.24, 2.45) is 0 Å². The molecule has 2 heterocycles. The highest BCUT2D eigenvalue weighted by Crippen LogP contribution is 2.32. The molecule has 1 aromatic carbocycles. The van der Waals surface area contributed by atoms with Crippen LogP contribution in [0.1, 0.15) is 44.5 Å². The van der Waals surface area contributed by atoms with Crippen molar-refractivity contribution in [2.75, 3.05) is 19.6 Å². The molecule has 7 heteroatoms. The third kappa shape index (κ3) is 5.02. The lowest BCUT2D eigenvalue weighted by atomic mass is 9.99. The molecule has 1 aliphatic rings. The summed E-state index contributed by atoms with van der Waals surface area (Å²) >= 11 is 1.74. The van der Waals surface area contributed by atoms with Gasteiger partial charge in [0, 0.05) is 18.0 Å². The van der Waals surface area contributed by atoms with E-state index in [4.69, 9.17) is 4.98 Å². The normalized spacial score (nSPS) is 18.7. The minimum atomic E-state index is -0.442. The Morgan fingerprint density at radius 1 is 1.31 bits per heavy atom. The first kappa shape index (κ1) is 18.8. The van der Waals surface area contributed by atoms with Crippen LogP contribution in [-0.4, -0.2) is 47.0 Å². The second kappa shape index (κ2) is 7.72.